The molecule has 2 N–H and O–H groups in total. The van der Waals surface area contributed by atoms with E-state index in [4.69, 9.17) is 5.11 Å². The highest BCUT2D eigenvalue weighted by atomic mass is 19.4. The van der Waals surface area contributed by atoms with Crippen LogP contribution in [0.5, 0.6) is 0 Å². The molecule has 1 aromatic carbocycles. The molecule has 0 aromatic heterocycles. The number of fused-ring (bicyclic) bond motifs is 1. The maximum atomic E-state index is 13.0. The van der Waals surface area contributed by atoms with E-state index in [9.17, 15) is 22.8 Å². The van der Waals surface area contributed by atoms with Gasteiger partial charge in [0.1, 0.15) is 0 Å². The molecule has 0 saturated carbocycles. The third kappa shape index (κ3) is 3.78. The molecule has 3 atom stereocenters. The first-order valence-electron chi connectivity index (χ1n) is 8.67. The summed E-state index contributed by atoms with van der Waals surface area (Å²) in [7, 11) is 0. The number of nitrogens with one attached hydrogen (secondary N) is 1. The topological polar surface area (TPSA) is 69.6 Å². The smallest absolute Gasteiger partial charge is 0.394 e. The molecule has 142 valence electrons. The van der Waals surface area contributed by atoms with Crippen molar-refractivity contribution in [2.75, 3.05) is 19.6 Å². The molecule has 1 aromatic rings. The predicted octanol–water partition coefficient (Wildman–Crippen LogP) is 3.01. The van der Waals surface area contributed by atoms with Gasteiger partial charge in [-0.2, -0.15) is 13.2 Å². The molecule has 1 unspecified atom stereocenters. The van der Waals surface area contributed by atoms with Gasteiger partial charge in [0.05, 0.1) is 11.8 Å². The number of rotatable bonds is 3. The molecule has 1 saturated heterocycles. The molecule has 3 rings (SSSR count). The predicted molar refractivity (Wildman–Crippen MR) is 87.8 cm³/mol. The van der Waals surface area contributed by atoms with Crippen LogP contribution in [-0.4, -0.2) is 47.8 Å². The minimum atomic E-state index is -4.64. The summed E-state index contributed by atoms with van der Waals surface area (Å²) in [5, 5.41) is 11.7. The van der Waals surface area contributed by atoms with Crippen molar-refractivity contribution >= 4 is 12.0 Å². The van der Waals surface area contributed by atoms with Crippen LogP contribution in [0.25, 0.3) is 0 Å². The second-order valence-electron chi connectivity index (χ2n) is 6.97. The van der Waals surface area contributed by atoms with Crippen molar-refractivity contribution in [2.24, 2.45) is 11.8 Å². The van der Waals surface area contributed by atoms with Crippen LogP contribution in [0.3, 0.4) is 0 Å². The first-order valence-corrected chi connectivity index (χ1v) is 8.67. The van der Waals surface area contributed by atoms with Gasteiger partial charge in [0.25, 0.3) is 0 Å². The lowest BCUT2D eigenvalue weighted by molar-refractivity contribution is -0.187. The molecule has 1 aliphatic carbocycles. The molecule has 0 spiro atoms. The summed E-state index contributed by atoms with van der Waals surface area (Å²) in [5.74, 6) is -5.04. The lowest BCUT2D eigenvalue weighted by atomic mass is 9.83. The number of likely N-dealkylation sites (tertiary alicyclic amines) is 1. The van der Waals surface area contributed by atoms with Crippen molar-refractivity contribution < 1.29 is 27.9 Å². The number of amides is 2. The van der Waals surface area contributed by atoms with E-state index in [2.05, 4.69) is 11.4 Å². The number of urea groups is 1. The van der Waals surface area contributed by atoms with E-state index in [0.29, 0.717) is 6.54 Å². The van der Waals surface area contributed by atoms with Gasteiger partial charge >= 0.3 is 18.2 Å². The van der Waals surface area contributed by atoms with E-state index in [1.54, 1.807) is 0 Å². The fraction of sp³-hybridized carbons (Fsp3) is 0.556. The van der Waals surface area contributed by atoms with Crippen molar-refractivity contribution in [1.82, 2.24) is 10.2 Å². The Labute approximate surface area is 149 Å². The van der Waals surface area contributed by atoms with Gasteiger partial charge in [0.15, 0.2) is 0 Å². The monoisotopic (exact) mass is 370 g/mol. The minimum Gasteiger partial charge on any atom is -0.481 e. The average Bonchev–Trinajstić information content (AvgIpc) is 3.06. The zero-order valence-corrected chi connectivity index (χ0v) is 14.1. The van der Waals surface area contributed by atoms with Crippen LogP contribution in [0.4, 0.5) is 18.0 Å². The number of carboxylic acids is 1. The zero-order valence-electron chi connectivity index (χ0n) is 14.1. The number of carbonyl (C=O) groups is 2. The highest BCUT2D eigenvalue weighted by Crippen LogP contribution is 2.38. The number of nitrogens with zero attached hydrogens (tertiary/aromatic N) is 1. The molecule has 0 radical (unpaired) electrons. The van der Waals surface area contributed by atoms with Crippen LogP contribution < -0.4 is 5.32 Å². The van der Waals surface area contributed by atoms with Gasteiger partial charge in [-0.15, -0.1) is 0 Å². The van der Waals surface area contributed by atoms with Crippen LogP contribution in [0.15, 0.2) is 24.3 Å². The Kier molecular flexibility index (Phi) is 5.11. The largest absolute Gasteiger partial charge is 0.481 e. The summed E-state index contributed by atoms with van der Waals surface area (Å²) in [5.41, 5.74) is 2.40. The van der Waals surface area contributed by atoms with Crippen LogP contribution in [-0.2, 0) is 11.2 Å². The first-order chi connectivity index (χ1) is 12.3. The Morgan fingerprint density at radius 3 is 2.62 bits per heavy atom. The molecule has 8 heteroatoms. The summed E-state index contributed by atoms with van der Waals surface area (Å²) < 4.78 is 39.1. The molecule has 2 amide bonds. The number of aryl methyl sites for hydroxylation is 1. The fourth-order valence-corrected chi connectivity index (χ4v) is 3.94. The van der Waals surface area contributed by atoms with Gasteiger partial charge < -0.3 is 15.3 Å². The number of halogens is 3. The van der Waals surface area contributed by atoms with E-state index >= 15 is 0 Å². The van der Waals surface area contributed by atoms with Gasteiger partial charge in [-0.3, -0.25) is 4.79 Å². The number of carbonyl (C=O) groups excluding carboxylic acids is 1. The highest BCUT2D eigenvalue weighted by Gasteiger charge is 2.53. The van der Waals surface area contributed by atoms with E-state index < -0.39 is 43.1 Å². The second kappa shape index (κ2) is 7.17. The SMILES string of the molecule is O=C(O)[C@@H]1CN(C(=O)NCC2CCCc3ccccc32)C[C@H]1C(F)(F)F. The van der Waals surface area contributed by atoms with Gasteiger partial charge in [-0.25, -0.2) is 4.79 Å². The summed E-state index contributed by atoms with van der Waals surface area (Å²) in [6, 6.07) is 7.33. The molecule has 1 fully saturated rings. The fourth-order valence-electron chi connectivity index (χ4n) is 3.94. The molecular weight excluding hydrogens is 349 g/mol. The Bertz CT molecular complexity index is 693. The van der Waals surface area contributed by atoms with Gasteiger partial charge in [0.2, 0.25) is 0 Å². The maximum Gasteiger partial charge on any atom is 0.394 e. The Morgan fingerprint density at radius 2 is 1.96 bits per heavy atom. The lowest BCUT2D eigenvalue weighted by Crippen LogP contribution is -2.41. The third-order valence-electron chi connectivity index (χ3n) is 5.34. The number of hydrogen-bond acceptors (Lipinski definition) is 2. The molecule has 5 nitrogen and oxygen atoms in total. The van der Waals surface area contributed by atoms with Gasteiger partial charge in [-0.1, -0.05) is 24.3 Å². The average molecular weight is 370 g/mol. The van der Waals surface area contributed by atoms with Crippen molar-refractivity contribution in [3.63, 3.8) is 0 Å². The first kappa shape index (κ1) is 18.5. The van der Waals surface area contributed by atoms with E-state index in [1.165, 1.54) is 5.56 Å². The lowest BCUT2D eigenvalue weighted by Gasteiger charge is -2.27. The minimum absolute atomic E-state index is 0.125. The third-order valence-corrected chi connectivity index (χ3v) is 5.34. The number of aliphatic carboxylic acids is 1. The van der Waals surface area contributed by atoms with Crippen molar-refractivity contribution in [3.8, 4) is 0 Å². The summed E-state index contributed by atoms with van der Waals surface area (Å²) >= 11 is 0. The van der Waals surface area contributed by atoms with Gasteiger partial charge in [0, 0.05) is 25.6 Å². The quantitative estimate of drug-likeness (QED) is 0.859. The summed E-state index contributed by atoms with van der Waals surface area (Å²) in [6.07, 6.45) is -1.75. The normalized spacial score (nSPS) is 25.7. The van der Waals surface area contributed by atoms with Crippen LogP contribution in [0.2, 0.25) is 0 Å². The Morgan fingerprint density at radius 1 is 1.23 bits per heavy atom. The molecule has 1 aliphatic heterocycles. The molecular formula is C18H21F3N2O3. The van der Waals surface area contributed by atoms with Crippen LogP contribution >= 0.6 is 0 Å². The Hall–Kier alpha value is -2.25. The second-order valence-corrected chi connectivity index (χ2v) is 6.97. The van der Waals surface area contributed by atoms with Crippen LogP contribution in [0.1, 0.15) is 29.9 Å². The van der Waals surface area contributed by atoms with E-state index in [1.807, 2.05) is 18.2 Å². The highest BCUT2D eigenvalue weighted by molar-refractivity contribution is 5.77. The molecule has 1 heterocycles. The standard InChI is InChI=1S/C18H21F3N2O3/c19-18(20,21)15-10-23(9-14(15)16(24)25)17(26)22-8-12-6-3-5-11-4-1-2-7-13(11)12/h1-2,4,7,12,14-15H,3,5-6,8-10H2,(H,22,26)(H,24,25)/t12?,14-,15-/m1/s1. The van der Waals surface area contributed by atoms with Crippen LogP contribution in [0, 0.1) is 11.8 Å². The zero-order chi connectivity index (χ0) is 18.9. The Balaban J connectivity index is 1.62. The summed E-state index contributed by atoms with van der Waals surface area (Å²) in [4.78, 5) is 24.4. The van der Waals surface area contributed by atoms with E-state index in [0.717, 1.165) is 29.7 Å². The molecule has 26 heavy (non-hydrogen) atoms. The molecule has 0 bridgehead atoms. The maximum absolute atomic E-state index is 13.0. The van der Waals surface area contributed by atoms with E-state index in [-0.39, 0.29) is 5.92 Å². The van der Waals surface area contributed by atoms with Crippen molar-refractivity contribution in [2.45, 2.75) is 31.4 Å². The number of alkyl halides is 3. The molecule has 2 aliphatic rings. The number of carboxylic acid groups (broad SMARTS) is 1. The van der Waals surface area contributed by atoms with Gasteiger partial charge in [-0.05, 0) is 30.4 Å². The summed E-state index contributed by atoms with van der Waals surface area (Å²) in [6.45, 7) is -0.707. The number of hydrogen-bond donors (Lipinski definition) is 2. The van der Waals surface area contributed by atoms with Crippen molar-refractivity contribution in [3.05, 3.63) is 35.4 Å². The number of benzene rings is 1. The van der Waals surface area contributed by atoms with Crippen molar-refractivity contribution in [1.29, 1.82) is 0 Å².